The van der Waals surface area contributed by atoms with Crippen molar-refractivity contribution in [3.8, 4) is 5.75 Å². The zero-order valence-corrected chi connectivity index (χ0v) is 15.5. The summed E-state index contributed by atoms with van der Waals surface area (Å²) >= 11 is 0.956. The molecule has 0 saturated carbocycles. The SMILES string of the molecule is C=CCOc1ccc(/C=C2\SC(=O)N(c3ccc(C)cc3C)C2=O)cc1. The second kappa shape index (κ2) is 7.62. The number of carbonyl (C=O) groups excluding carboxylic acids is 2. The van der Waals surface area contributed by atoms with Crippen molar-refractivity contribution in [3.05, 3.63) is 76.7 Å². The molecule has 1 aliphatic rings. The van der Waals surface area contributed by atoms with E-state index in [-0.39, 0.29) is 11.1 Å². The van der Waals surface area contributed by atoms with Crippen molar-refractivity contribution in [2.45, 2.75) is 13.8 Å². The van der Waals surface area contributed by atoms with Gasteiger partial charge in [0.2, 0.25) is 0 Å². The monoisotopic (exact) mass is 365 g/mol. The smallest absolute Gasteiger partial charge is 0.298 e. The zero-order valence-electron chi connectivity index (χ0n) is 14.7. The summed E-state index contributed by atoms with van der Waals surface area (Å²) in [5.74, 6) is 0.435. The second-order valence-electron chi connectivity index (χ2n) is 5.98. The number of amides is 2. The third-order valence-corrected chi connectivity index (χ3v) is 4.80. The Morgan fingerprint density at radius 1 is 1.12 bits per heavy atom. The quantitative estimate of drug-likeness (QED) is 0.546. The van der Waals surface area contributed by atoms with Crippen LogP contribution in [0, 0.1) is 13.8 Å². The van der Waals surface area contributed by atoms with Crippen molar-refractivity contribution in [2.75, 3.05) is 11.5 Å². The van der Waals surface area contributed by atoms with Gasteiger partial charge in [-0.1, -0.05) is 42.5 Å². The van der Waals surface area contributed by atoms with Crippen LogP contribution in [0.1, 0.15) is 16.7 Å². The number of nitrogens with zero attached hydrogens (tertiary/aromatic N) is 1. The van der Waals surface area contributed by atoms with Crippen LogP contribution in [0.15, 0.2) is 60.0 Å². The van der Waals surface area contributed by atoms with Gasteiger partial charge in [-0.3, -0.25) is 9.59 Å². The van der Waals surface area contributed by atoms with E-state index in [1.807, 2.05) is 56.3 Å². The fourth-order valence-corrected chi connectivity index (χ4v) is 3.53. The molecule has 0 atom stereocenters. The van der Waals surface area contributed by atoms with Crippen LogP contribution in [0.25, 0.3) is 6.08 Å². The lowest BCUT2D eigenvalue weighted by atomic mass is 10.1. The second-order valence-corrected chi connectivity index (χ2v) is 6.97. The summed E-state index contributed by atoms with van der Waals surface area (Å²) in [5, 5.41) is -0.279. The van der Waals surface area contributed by atoms with Crippen LogP contribution in [0.4, 0.5) is 10.5 Å². The van der Waals surface area contributed by atoms with E-state index in [1.54, 1.807) is 12.2 Å². The van der Waals surface area contributed by atoms with Crippen LogP contribution in [0.5, 0.6) is 5.75 Å². The lowest BCUT2D eigenvalue weighted by molar-refractivity contribution is -0.113. The standard InChI is InChI=1S/C21H19NO3S/c1-4-11-25-17-8-6-16(7-9-17)13-19-20(23)22(21(24)26-19)18-10-5-14(2)12-15(18)3/h4-10,12-13H,1,11H2,2-3H3/b19-13-. The van der Waals surface area contributed by atoms with E-state index in [4.69, 9.17) is 4.74 Å². The Morgan fingerprint density at radius 2 is 1.85 bits per heavy atom. The van der Waals surface area contributed by atoms with Gasteiger partial charge in [0.1, 0.15) is 12.4 Å². The number of ether oxygens (including phenoxy) is 1. The lowest BCUT2D eigenvalue weighted by Gasteiger charge is -2.15. The van der Waals surface area contributed by atoms with E-state index in [1.165, 1.54) is 4.90 Å². The van der Waals surface area contributed by atoms with Crippen molar-refractivity contribution in [1.82, 2.24) is 0 Å². The van der Waals surface area contributed by atoms with Gasteiger partial charge in [0.25, 0.3) is 11.1 Å². The summed E-state index contributed by atoms with van der Waals surface area (Å²) in [6, 6.07) is 13.0. The van der Waals surface area contributed by atoms with Gasteiger partial charge in [0.05, 0.1) is 10.6 Å². The van der Waals surface area contributed by atoms with E-state index in [2.05, 4.69) is 6.58 Å². The van der Waals surface area contributed by atoms with E-state index < -0.39 is 0 Å². The van der Waals surface area contributed by atoms with Gasteiger partial charge in [-0.05, 0) is 61.0 Å². The lowest BCUT2D eigenvalue weighted by Crippen LogP contribution is -2.28. The maximum Gasteiger partial charge on any atom is 0.298 e. The predicted molar refractivity (Wildman–Crippen MR) is 107 cm³/mol. The molecule has 2 aromatic rings. The van der Waals surface area contributed by atoms with Crippen LogP contribution < -0.4 is 9.64 Å². The molecule has 0 spiro atoms. The number of anilines is 1. The molecular formula is C21H19NO3S. The third kappa shape index (κ3) is 3.73. The summed E-state index contributed by atoms with van der Waals surface area (Å²) in [6.07, 6.45) is 3.41. The Bertz CT molecular complexity index is 900. The third-order valence-electron chi connectivity index (χ3n) is 3.93. The van der Waals surface area contributed by atoms with Crippen LogP contribution in [0.3, 0.4) is 0 Å². The molecule has 1 aliphatic heterocycles. The van der Waals surface area contributed by atoms with Gasteiger partial charge in [0, 0.05) is 0 Å². The Kier molecular flexibility index (Phi) is 5.28. The van der Waals surface area contributed by atoms with E-state index in [9.17, 15) is 9.59 Å². The molecule has 0 unspecified atom stereocenters. The normalized spacial score (nSPS) is 15.6. The molecule has 2 aromatic carbocycles. The maximum absolute atomic E-state index is 12.7. The first-order valence-electron chi connectivity index (χ1n) is 8.18. The number of imide groups is 1. The van der Waals surface area contributed by atoms with Crippen LogP contribution in [-0.2, 0) is 4.79 Å². The molecular weight excluding hydrogens is 346 g/mol. The summed E-state index contributed by atoms with van der Waals surface area (Å²) in [6.45, 7) is 7.93. The Hall–Kier alpha value is -2.79. The Balaban J connectivity index is 1.84. The summed E-state index contributed by atoms with van der Waals surface area (Å²) in [7, 11) is 0. The van der Waals surface area contributed by atoms with Crippen LogP contribution in [-0.4, -0.2) is 17.8 Å². The first-order valence-corrected chi connectivity index (χ1v) is 9.00. The highest BCUT2D eigenvalue weighted by atomic mass is 32.2. The molecule has 3 rings (SSSR count). The average Bonchev–Trinajstić information content (AvgIpc) is 2.88. The number of benzene rings is 2. The first-order chi connectivity index (χ1) is 12.5. The number of rotatable bonds is 5. The van der Waals surface area contributed by atoms with E-state index in [0.29, 0.717) is 17.2 Å². The summed E-state index contributed by atoms with van der Waals surface area (Å²) in [4.78, 5) is 26.8. The van der Waals surface area contributed by atoms with Gasteiger partial charge >= 0.3 is 0 Å². The molecule has 0 radical (unpaired) electrons. The predicted octanol–water partition coefficient (Wildman–Crippen LogP) is 5.11. The van der Waals surface area contributed by atoms with Crippen molar-refractivity contribution < 1.29 is 14.3 Å². The van der Waals surface area contributed by atoms with Gasteiger partial charge in [-0.15, -0.1) is 0 Å². The molecule has 0 aromatic heterocycles. The van der Waals surface area contributed by atoms with Gasteiger partial charge in [0.15, 0.2) is 0 Å². The number of hydrogen-bond donors (Lipinski definition) is 0. The van der Waals surface area contributed by atoms with E-state index in [0.717, 1.165) is 34.2 Å². The van der Waals surface area contributed by atoms with Crippen molar-refractivity contribution >= 4 is 34.7 Å². The minimum Gasteiger partial charge on any atom is -0.490 e. The van der Waals surface area contributed by atoms with Crippen molar-refractivity contribution in [2.24, 2.45) is 0 Å². The minimum absolute atomic E-state index is 0.279. The fraction of sp³-hybridized carbons (Fsp3) is 0.143. The van der Waals surface area contributed by atoms with Crippen LogP contribution >= 0.6 is 11.8 Å². The van der Waals surface area contributed by atoms with Crippen LogP contribution in [0.2, 0.25) is 0 Å². The molecule has 0 N–H and O–H groups in total. The van der Waals surface area contributed by atoms with Gasteiger partial charge in [-0.2, -0.15) is 0 Å². The summed E-state index contributed by atoms with van der Waals surface area (Å²) in [5.41, 5.74) is 3.46. The maximum atomic E-state index is 12.7. The molecule has 0 aliphatic carbocycles. The summed E-state index contributed by atoms with van der Waals surface area (Å²) < 4.78 is 5.44. The molecule has 132 valence electrons. The Morgan fingerprint density at radius 3 is 2.50 bits per heavy atom. The fourth-order valence-electron chi connectivity index (χ4n) is 2.70. The highest BCUT2D eigenvalue weighted by molar-refractivity contribution is 8.19. The van der Waals surface area contributed by atoms with Crippen molar-refractivity contribution in [3.63, 3.8) is 0 Å². The van der Waals surface area contributed by atoms with Gasteiger partial charge < -0.3 is 4.74 Å². The number of carbonyl (C=O) groups is 2. The van der Waals surface area contributed by atoms with E-state index >= 15 is 0 Å². The molecule has 5 heteroatoms. The minimum atomic E-state index is -0.293. The number of aryl methyl sites for hydroxylation is 2. The van der Waals surface area contributed by atoms with Gasteiger partial charge in [-0.25, -0.2) is 4.90 Å². The largest absolute Gasteiger partial charge is 0.490 e. The zero-order chi connectivity index (χ0) is 18.7. The van der Waals surface area contributed by atoms with Crippen molar-refractivity contribution in [1.29, 1.82) is 0 Å². The molecule has 2 amide bonds. The molecule has 4 nitrogen and oxygen atoms in total. The highest BCUT2D eigenvalue weighted by Gasteiger charge is 2.36. The number of thioether (sulfide) groups is 1. The number of hydrogen-bond acceptors (Lipinski definition) is 4. The first kappa shape index (κ1) is 18.0. The highest BCUT2D eigenvalue weighted by Crippen LogP contribution is 2.37. The topological polar surface area (TPSA) is 46.6 Å². The molecule has 26 heavy (non-hydrogen) atoms. The Labute approximate surface area is 157 Å². The molecule has 0 bridgehead atoms. The molecule has 1 heterocycles. The molecule has 1 saturated heterocycles. The average molecular weight is 365 g/mol. The molecule has 1 fully saturated rings.